The van der Waals surface area contributed by atoms with Gasteiger partial charge < -0.3 is 9.84 Å². The SMILES string of the molecule is COc1ccc(C(O)COS(=O)(=O)c2ccc(C)cc2)cc1. The Kier molecular flexibility index (Phi) is 5.18. The molecule has 0 radical (unpaired) electrons. The van der Waals surface area contributed by atoms with E-state index in [9.17, 15) is 13.5 Å². The minimum absolute atomic E-state index is 0.0695. The van der Waals surface area contributed by atoms with E-state index in [-0.39, 0.29) is 11.5 Å². The summed E-state index contributed by atoms with van der Waals surface area (Å²) in [7, 11) is -2.33. The Balaban J connectivity index is 2.02. The average Bonchev–Trinajstić information content (AvgIpc) is 2.53. The van der Waals surface area contributed by atoms with Gasteiger partial charge in [-0.05, 0) is 36.8 Å². The van der Waals surface area contributed by atoms with Crippen LogP contribution >= 0.6 is 0 Å². The molecule has 6 heteroatoms. The average molecular weight is 322 g/mol. The zero-order valence-electron chi connectivity index (χ0n) is 12.4. The van der Waals surface area contributed by atoms with Crippen LogP contribution in [0.4, 0.5) is 0 Å². The molecule has 0 aliphatic heterocycles. The molecule has 118 valence electrons. The van der Waals surface area contributed by atoms with Crippen molar-refractivity contribution < 1.29 is 22.4 Å². The molecule has 0 heterocycles. The first-order valence-corrected chi connectivity index (χ1v) is 8.11. The Morgan fingerprint density at radius 1 is 1.05 bits per heavy atom. The van der Waals surface area contributed by atoms with Crippen LogP contribution in [-0.2, 0) is 14.3 Å². The van der Waals surface area contributed by atoms with Gasteiger partial charge in [-0.15, -0.1) is 0 Å². The Bertz CT molecular complexity index is 705. The van der Waals surface area contributed by atoms with Crippen LogP contribution in [-0.4, -0.2) is 27.2 Å². The maximum atomic E-state index is 12.0. The summed E-state index contributed by atoms with van der Waals surface area (Å²) in [5, 5.41) is 10.0. The number of aliphatic hydroxyl groups is 1. The summed E-state index contributed by atoms with van der Waals surface area (Å²) < 4.78 is 34.0. The van der Waals surface area contributed by atoms with Crippen molar-refractivity contribution in [1.82, 2.24) is 0 Å². The predicted molar refractivity (Wildman–Crippen MR) is 82.3 cm³/mol. The van der Waals surface area contributed by atoms with Gasteiger partial charge in [0, 0.05) is 0 Å². The van der Waals surface area contributed by atoms with Gasteiger partial charge in [0.15, 0.2) is 0 Å². The fourth-order valence-corrected chi connectivity index (χ4v) is 2.76. The van der Waals surface area contributed by atoms with E-state index in [1.54, 1.807) is 43.5 Å². The van der Waals surface area contributed by atoms with Crippen LogP contribution in [0.2, 0.25) is 0 Å². The molecule has 0 spiro atoms. The molecule has 0 bridgehead atoms. The van der Waals surface area contributed by atoms with Gasteiger partial charge in [-0.2, -0.15) is 8.42 Å². The third-order valence-corrected chi connectivity index (χ3v) is 4.49. The van der Waals surface area contributed by atoms with E-state index >= 15 is 0 Å². The number of ether oxygens (including phenoxy) is 1. The minimum Gasteiger partial charge on any atom is -0.497 e. The maximum absolute atomic E-state index is 12.0. The van der Waals surface area contributed by atoms with Crippen molar-refractivity contribution >= 4 is 10.1 Å². The highest BCUT2D eigenvalue weighted by atomic mass is 32.2. The monoisotopic (exact) mass is 322 g/mol. The molecule has 1 unspecified atom stereocenters. The molecule has 0 aliphatic carbocycles. The van der Waals surface area contributed by atoms with Crippen molar-refractivity contribution in [3.05, 3.63) is 59.7 Å². The molecule has 0 fully saturated rings. The molecule has 1 atom stereocenters. The minimum atomic E-state index is -3.88. The first-order chi connectivity index (χ1) is 10.4. The molecule has 0 saturated heterocycles. The van der Waals surface area contributed by atoms with Gasteiger partial charge in [-0.1, -0.05) is 29.8 Å². The lowest BCUT2D eigenvalue weighted by atomic mass is 10.1. The lowest BCUT2D eigenvalue weighted by Gasteiger charge is -2.12. The molecule has 1 N–H and O–H groups in total. The van der Waals surface area contributed by atoms with Gasteiger partial charge in [0.1, 0.15) is 11.9 Å². The quantitative estimate of drug-likeness (QED) is 0.827. The lowest BCUT2D eigenvalue weighted by Crippen LogP contribution is -2.13. The van der Waals surface area contributed by atoms with E-state index in [0.29, 0.717) is 11.3 Å². The van der Waals surface area contributed by atoms with Crippen LogP contribution in [0.5, 0.6) is 5.75 Å². The van der Waals surface area contributed by atoms with Crippen LogP contribution in [0.1, 0.15) is 17.2 Å². The van der Waals surface area contributed by atoms with Crippen molar-refractivity contribution in [2.24, 2.45) is 0 Å². The van der Waals surface area contributed by atoms with Crippen LogP contribution in [0.15, 0.2) is 53.4 Å². The molecular formula is C16H18O5S. The summed E-state index contributed by atoms with van der Waals surface area (Å²) in [5.41, 5.74) is 1.51. The number of hydrogen-bond donors (Lipinski definition) is 1. The fourth-order valence-electron chi connectivity index (χ4n) is 1.85. The number of benzene rings is 2. The van der Waals surface area contributed by atoms with E-state index in [1.807, 2.05) is 6.92 Å². The van der Waals surface area contributed by atoms with Gasteiger partial charge in [0.25, 0.3) is 10.1 Å². The van der Waals surface area contributed by atoms with Crippen LogP contribution in [0.25, 0.3) is 0 Å². The third kappa shape index (κ3) is 4.07. The number of rotatable bonds is 6. The highest BCUT2D eigenvalue weighted by molar-refractivity contribution is 7.86. The van der Waals surface area contributed by atoms with Crippen LogP contribution in [0.3, 0.4) is 0 Å². The summed E-state index contributed by atoms with van der Waals surface area (Å²) in [4.78, 5) is 0.0695. The number of hydrogen-bond acceptors (Lipinski definition) is 5. The Morgan fingerprint density at radius 2 is 1.64 bits per heavy atom. The number of methoxy groups -OCH3 is 1. The molecule has 2 rings (SSSR count). The van der Waals surface area contributed by atoms with Gasteiger partial charge in [0.05, 0.1) is 18.6 Å². The van der Waals surface area contributed by atoms with Crippen LogP contribution < -0.4 is 4.74 Å². The second-order valence-electron chi connectivity index (χ2n) is 4.84. The van der Waals surface area contributed by atoms with E-state index in [4.69, 9.17) is 8.92 Å². The third-order valence-electron chi connectivity index (χ3n) is 3.19. The smallest absolute Gasteiger partial charge is 0.297 e. The predicted octanol–water partition coefficient (Wildman–Crippen LogP) is 2.44. The fraction of sp³-hybridized carbons (Fsp3) is 0.250. The highest BCUT2D eigenvalue weighted by Crippen LogP contribution is 2.20. The normalized spacial score (nSPS) is 12.9. The molecular weight excluding hydrogens is 304 g/mol. The second kappa shape index (κ2) is 6.91. The van der Waals surface area contributed by atoms with E-state index in [2.05, 4.69) is 0 Å². The first kappa shape index (κ1) is 16.5. The summed E-state index contributed by atoms with van der Waals surface area (Å²) >= 11 is 0. The van der Waals surface area contributed by atoms with Crippen molar-refractivity contribution in [1.29, 1.82) is 0 Å². The van der Waals surface area contributed by atoms with Gasteiger partial charge in [0.2, 0.25) is 0 Å². The van der Waals surface area contributed by atoms with E-state index < -0.39 is 16.2 Å². The summed E-state index contributed by atoms with van der Waals surface area (Å²) in [6, 6.07) is 13.0. The van der Waals surface area contributed by atoms with Gasteiger partial charge in [-0.3, -0.25) is 4.18 Å². The number of aryl methyl sites for hydroxylation is 1. The van der Waals surface area contributed by atoms with E-state index in [1.165, 1.54) is 12.1 Å². The van der Waals surface area contributed by atoms with Crippen molar-refractivity contribution in [3.8, 4) is 5.75 Å². The Hall–Kier alpha value is -1.89. The number of aliphatic hydroxyl groups excluding tert-OH is 1. The van der Waals surface area contributed by atoms with Crippen LogP contribution in [0, 0.1) is 6.92 Å². The molecule has 0 aliphatic rings. The molecule has 0 amide bonds. The lowest BCUT2D eigenvalue weighted by molar-refractivity contribution is 0.111. The Labute approximate surface area is 130 Å². The zero-order valence-corrected chi connectivity index (χ0v) is 13.2. The van der Waals surface area contributed by atoms with Crippen molar-refractivity contribution in [2.75, 3.05) is 13.7 Å². The highest BCUT2D eigenvalue weighted by Gasteiger charge is 2.18. The summed E-state index contributed by atoms with van der Waals surface area (Å²) in [6.45, 7) is 1.52. The van der Waals surface area contributed by atoms with Gasteiger partial charge >= 0.3 is 0 Å². The molecule has 0 aromatic heterocycles. The molecule has 0 saturated carbocycles. The largest absolute Gasteiger partial charge is 0.497 e. The standard InChI is InChI=1S/C16H18O5S/c1-12-3-9-15(10-4-12)22(18,19)21-11-16(17)13-5-7-14(20-2)8-6-13/h3-10,16-17H,11H2,1-2H3. The first-order valence-electron chi connectivity index (χ1n) is 6.70. The van der Waals surface area contributed by atoms with Crippen molar-refractivity contribution in [2.45, 2.75) is 17.9 Å². The molecule has 5 nitrogen and oxygen atoms in total. The van der Waals surface area contributed by atoms with Crippen molar-refractivity contribution in [3.63, 3.8) is 0 Å². The zero-order chi connectivity index (χ0) is 16.2. The molecule has 2 aromatic rings. The van der Waals surface area contributed by atoms with Gasteiger partial charge in [-0.25, -0.2) is 0 Å². The maximum Gasteiger partial charge on any atom is 0.297 e. The Morgan fingerprint density at radius 3 is 2.18 bits per heavy atom. The topological polar surface area (TPSA) is 72.8 Å². The summed E-state index contributed by atoms with van der Waals surface area (Å²) in [6.07, 6.45) is -1.04. The molecule has 22 heavy (non-hydrogen) atoms. The summed E-state index contributed by atoms with van der Waals surface area (Å²) in [5.74, 6) is 0.657. The molecule has 2 aromatic carbocycles. The van der Waals surface area contributed by atoms with E-state index in [0.717, 1.165) is 5.56 Å². The second-order valence-corrected chi connectivity index (χ2v) is 6.46.